The number of nitrogens with two attached hydrogens (primary N) is 1. The van der Waals surface area contributed by atoms with Gasteiger partial charge in [-0.3, -0.25) is 0 Å². The summed E-state index contributed by atoms with van der Waals surface area (Å²) in [5.41, 5.74) is 6.03. The number of nitrogens with zero attached hydrogens (tertiary/aromatic N) is 3. The maximum atomic E-state index is 6.03. The van der Waals surface area contributed by atoms with E-state index >= 15 is 0 Å². The van der Waals surface area contributed by atoms with Crippen molar-refractivity contribution in [3.8, 4) is 0 Å². The number of hydrogen-bond donors (Lipinski definition) is 1. The molecule has 17 heavy (non-hydrogen) atoms. The number of rotatable bonds is 2. The van der Waals surface area contributed by atoms with E-state index in [9.17, 15) is 0 Å². The van der Waals surface area contributed by atoms with Crippen LogP contribution in [-0.4, -0.2) is 28.0 Å². The van der Waals surface area contributed by atoms with Crippen molar-refractivity contribution in [2.75, 3.05) is 13.2 Å². The van der Waals surface area contributed by atoms with Gasteiger partial charge >= 0.3 is 0 Å². The van der Waals surface area contributed by atoms with Gasteiger partial charge in [-0.1, -0.05) is 0 Å². The zero-order valence-corrected chi connectivity index (χ0v) is 10.1. The number of hydrogen-bond acceptors (Lipinski definition) is 4. The summed E-state index contributed by atoms with van der Waals surface area (Å²) >= 11 is 0. The number of fused-ring (bicyclic) bond motifs is 1. The smallest absolute Gasteiger partial charge is 0.151 e. The van der Waals surface area contributed by atoms with Gasteiger partial charge in [-0.15, -0.1) is 0 Å². The summed E-state index contributed by atoms with van der Waals surface area (Å²) in [5, 5.41) is 4.55. The first-order valence-electron chi connectivity index (χ1n) is 6.60. The number of aryl methyl sites for hydroxylation is 1. The van der Waals surface area contributed by atoms with Crippen molar-refractivity contribution in [3.63, 3.8) is 0 Å². The largest absolute Gasteiger partial charge is 0.381 e. The molecule has 1 aromatic rings. The van der Waals surface area contributed by atoms with E-state index in [1.807, 2.05) is 4.68 Å². The van der Waals surface area contributed by atoms with Gasteiger partial charge in [0.2, 0.25) is 0 Å². The highest BCUT2D eigenvalue weighted by molar-refractivity contribution is 4.98. The van der Waals surface area contributed by atoms with E-state index in [0.29, 0.717) is 5.92 Å². The van der Waals surface area contributed by atoms with Crippen LogP contribution in [0.4, 0.5) is 0 Å². The maximum Gasteiger partial charge on any atom is 0.151 e. The first-order chi connectivity index (χ1) is 8.33. The zero-order chi connectivity index (χ0) is 11.7. The molecule has 0 aliphatic carbocycles. The third-order valence-corrected chi connectivity index (χ3v) is 3.69. The molecular weight excluding hydrogens is 216 g/mol. The van der Waals surface area contributed by atoms with Crippen molar-refractivity contribution in [3.05, 3.63) is 11.6 Å². The Kier molecular flexibility index (Phi) is 3.11. The van der Waals surface area contributed by atoms with Crippen LogP contribution in [-0.2, 0) is 17.6 Å². The fourth-order valence-corrected chi connectivity index (χ4v) is 2.75. The summed E-state index contributed by atoms with van der Waals surface area (Å²) in [6.45, 7) is 1.77. The summed E-state index contributed by atoms with van der Waals surface area (Å²) in [5.74, 6) is 2.60. The molecule has 1 aromatic heterocycles. The van der Waals surface area contributed by atoms with Gasteiger partial charge in [0, 0.05) is 26.1 Å². The number of ether oxygens (including phenoxy) is 1. The highest BCUT2D eigenvalue weighted by atomic mass is 16.5. The van der Waals surface area contributed by atoms with E-state index in [1.165, 1.54) is 6.42 Å². The topological polar surface area (TPSA) is 66.0 Å². The van der Waals surface area contributed by atoms with Gasteiger partial charge in [-0.05, 0) is 31.6 Å². The Morgan fingerprint density at radius 2 is 2.29 bits per heavy atom. The molecule has 2 aliphatic rings. The Bertz CT molecular complexity index is 384. The van der Waals surface area contributed by atoms with Crippen LogP contribution in [0.25, 0.3) is 0 Å². The Hall–Kier alpha value is -0.940. The zero-order valence-electron chi connectivity index (χ0n) is 10.1. The first kappa shape index (κ1) is 11.2. The second kappa shape index (κ2) is 4.74. The fourth-order valence-electron chi connectivity index (χ4n) is 2.75. The molecule has 0 radical (unpaired) electrons. The normalized spacial score (nSPS) is 29.0. The fraction of sp³-hybridized carbons (Fsp3) is 0.833. The third-order valence-electron chi connectivity index (χ3n) is 3.69. The van der Waals surface area contributed by atoms with Gasteiger partial charge in [0.15, 0.2) is 5.82 Å². The van der Waals surface area contributed by atoms with Crippen molar-refractivity contribution in [2.45, 2.75) is 44.7 Å². The van der Waals surface area contributed by atoms with E-state index in [-0.39, 0.29) is 6.17 Å². The van der Waals surface area contributed by atoms with Crippen molar-refractivity contribution in [2.24, 2.45) is 11.7 Å². The van der Waals surface area contributed by atoms with E-state index in [4.69, 9.17) is 10.5 Å². The molecule has 1 fully saturated rings. The lowest BCUT2D eigenvalue weighted by Crippen LogP contribution is -2.26. The van der Waals surface area contributed by atoms with Crippen LogP contribution in [0.3, 0.4) is 0 Å². The minimum Gasteiger partial charge on any atom is -0.381 e. The molecule has 3 rings (SSSR count). The van der Waals surface area contributed by atoms with E-state index in [2.05, 4.69) is 10.1 Å². The number of aromatic nitrogens is 3. The molecule has 0 amide bonds. The van der Waals surface area contributed by atoms with Crippen LogP contribution in [0.1, 0.15) is 43.5 Å². The second-order valence-corrected chi connectivity index (χ2v) is 5.14. The van der Waals surface area contributed by atoms with E-state index < -0.39 is 0 Å². The van der Waals surface area contributed by atoms with Gasteiger partial charge in [-0.25, -0.2) is 9.67 Å². The lowest BCUT2D eigenvalue weighted by Gasteiger charge is -2.20. The second-order valence-electron chi connectivity index (χ2n) is 5.14. The molecule has 2 unspecified atom stereocenters. The molecule has 2 aliphatic heterocycles. The van der Waals surface area contributed by atoms with Gasteiger partial charge in [-0.2, -0.15) is 5.10 Å². The average molecular weight is 236 g/mol. The molecule has 2 N–H and O–H groups in total. The van der Waals surface area contributed by atoms with Crippen LogP contribution < -0.4 is 5.73 Å². The summed E-state index contributed by atoms with van der Waals surface area (Å²) in [4.78, 5) is 4.61. The molecule has 94 valence electrons. The average Bonchev–Trinajstić information content (AvgIpc) is 2.74. The molecule has 0 aromatic carbocycles. The predicted molar refractivity (Wildman–Crippen MR) is 63.4 cm³/mol. The van der Waals surface area contributed by atoms with Crippen LogP contribution in [0, 0.1) is 5.92 Å². The monoisotopic (exact) mass is 236 g/mol. The lowest BCUT2D eigenvalue weighted by molar-refractivity contribution is 0.0542. The van der Waals surface area contributed by atoms with Crippen LogP contribution in [0.15, 0.2) is 0 Å². The van der Waals surface area contributed by atoms with Crippen LogP contribution >= 0.6 is 0 Å². The Labute approximate surface area is 101 Å². The van der Waals surface area contributed by atoms with Gasteiger partial charge < -0.3 is 10.5 Å². The molecule has 5 nitrogen and oxygen atoms in total. The summed E-state index contributed by atoms with van der Waals surface area (Å²) in [6, 6.07) is 0. The quantitative estimate of drug-likeness (QED) is 0.833. The third kappa shape index (κ3) is 2.35. The Balaban J connectivity index is 1.71. The summed E-state index contributed by atoms with van der Waals surface area (Å²) in [7, 11) is 0. The Morgan fingerprint density at radius 1 is 1.35 bits per heavy atom. The highest BCUT2D eigenvalue weighted by Crippen LogP contribution is 2.21. The molecule has 0 saturated carbocycles. The minimum atomic E-state index is 0.0302. The molecule has 5 heteroatoms. The molecule has 1 saturated heterocycles. The minimum absolute atomic E-state index is 0.0302. The van der Waals surface area contributed by atoms with Crippen LogP contribution in [0.2, 0.25) is 0 Å². The predicted octanol–water partition coefficient (Wildman–Crippen LogP) is 1.04. The molecule has 0 spiro atoms. The van der Waals surface area contributed by atoms with Crippen molar-refractivity contribution >= 4 is 0 Å². The molecule has 2 atom stereocenters. The Morgan fingerprint density at radius 3 is 3.06 bits per heavy atom. The van der Waals surface area contributed by atoms with Crippen molar-refractivity contribution < 1.29 is 4.74 Å². The highest BCUT2D eigenvalue weighted by Gasteiger charge is 2.22. The lowest BCUT2D eigenvalue weighted by atomic mass is 9.98. The standard InChI is InChI=1S/C12H20N4O/c13-10-4-1-5-12-14-11(15-16(10)12)7-9-3-2-6-17-8-9/h9-10H,1-8,13H2. The summed E-state index contributed by atoms with van der Waals surface area (Å²) in [6.07, 6.45) is 6.53. The van der Waals surface area contributed by atoms with Gasteiger partial charge in [0.05, 0.1) is 0 Å². The van der Waals surface area contributed by atoms with Gasteiger partial charge in [0.25, 0.3) is 0 Å². The van der Waals surface area contributed by atoms with Crippen LogP contribution in [0.5, 0.6) is 0 Å². The SMILES string of the molecule is NC1CCCc2nc(CC3CCCOC3)nn21. The molecule has 3 heterocycles. The maximum absolute atomic E-state index is 6.03. The van der Waals surface area contributed by atoms with Gasteiger partial charge in [0.1, 0.15) is 12.0 Å². The van der Waals surface area contributed by atoms with E-state index in [0.717, 1.165) is 57.0 Å². The molecule has 0 bridgehead atoms. The molecular formula is C12H20N4O. The first-order valence-corrected chi connectivity index (χ1v) is 6.60. The summed E-state index contributed by atoms with van der Waals surface area (Å²) < 4.78 is 7.41. The van der Waals surface area contributed by atoms with Crippen molar-refractivity contribution in [1.82, 2.24) is 14.8 Å². The van der Waals surface area contributed by atoms with E-state index in [1.54, 1.807) is 0 Å². The van der Waals surface area contributed by atoms with Crippen molar-refractivity contribution in [1.29, 1.82) is 0 Å².